The van der Waals surface area contributed by atoms with Crippen molar-refractivity contribution in [3.63, 3.8) is 0 Å². The molecule has 1 aliphatic heterocycles. The minimum absolute atomic E-state index is 0.174. The predicted molar refractivity (Wildman–Crippen MR) is 97.6 cm³/mol. The molecule has 26 heavy (non-hydrogen) atoms. The molecule has 3 rings (SSSR count). The maximum absolute atomic E-state index is 14.1. The standard InChI is InChI=1S/C17H14Cl2FN3O3/c18-13-3-1-11(9-14(13)19)17(24)22-7-5-21(6-8-22)16-4-2-12(23(25)26)10-15(16)20/h1-4,9-10H,5-8H2. The van der Waals surface area contributed by atoms with Gasteiger partial charge in [-0.2, -0.15) is 0 Å². The molecule has 9 heteroatoms. The molecule has 1 fully saturated rings. The lowest BCUT2D eigenvalue weighted by Crippen LogP contribution is -2.49. The van der Waals surface area contributed by atoms with Gasteiger partial charge in [-0.3, -0.25) is 14.9 Å². The topological polar surface area (TPSA) is 66.7 Å². The highest BCUT2D eigenvalue weighted by Gasteiger charge is 2.24. The molecule has 1 heterocycles. The molecule has 0 saturated carbocycles. The molecule has 2 aromatic rings. The van der Waals surface area contributed by atoms with Crippen LogP contribution in [0.15, 0.2) is 36.4 Å². The van der Waals surface area contributed by atoms with Gasteiger partial charge in [-0.25, -0.2) is 4.39 Å². The first kappa shape index (κ1) is 18.4. The van der Waals surface area contributed by atoms with E-state index in [1.165, 1.54) is 18.2 Å². The van der Waals surface area contributed by atoms with Crippen molar-refractivity contribution in [3.8, 4) is 0 Å². The Bertz CT molecular complexity index is 870. The molecule has 0 aromatic heterocycles. The SMILES string of the molecule is O=C(c1ccc(Cl)c(Cl)c1)N1CCN(c2ccc([N+](=O)[O-])cc2F)CC1. The van der Waals surface area contributed by atoms with E-state index in [-0.39, 0.29) is 17.3 Å². The van der Waals surface area contributed by atoms with Crippen molar-refractivity contribution in [2.45, 2.75) is 0 Å². The largest absolute Gasteiger partial charge is 0.366 e. The van der Waals surface area contributed by atoms with E-state index in [4.69, 9.17) is 23.2 Å². The molecule has 1 saturated heterocycles. The number of nitro benzene ring substituents is 1. The summed E-state index contributed by atoms with van der Waals surface area (Å²) in [4.78, 5) is 26.0. The molecular formula is C17H14Cl2FN3O3. The van der Waals surface area contributed by atoms with Crippen LogP contribution in [0.25, 0.3) is 0 Å². The van der Waals surface area contributed by atoms with Crippen LogP contribution in [0, 0.1) is 15.9 Å². The Hall–Kier alpha value is -2.38. The second-order valence-corrected chi connectivity index (χ2v) is 6.62. The lowest BCUT2D eigenvalue weighted by molar-refractivity contribution is -0.385. The van der Waals surface area contributed by atoms with E-state index in [1.807, 2.05) is 0 Å². The highest BCUT2D eigenvalue weighted by atomic mass is 35.5. The van der Waals surface area contributed by atoms with E-state index in [9.17, 15) is 19.3 Å². The summed E-state index contributed by atoms with van der Waals surface area (Å²) in [5.41, 5.74) is 0.436. The van der Waals surface area contributed by atoms with Crippen LogP contribution in [-0.2, 0) is 0 Å². The monoisotopic (exact) mass is 397 g/mol. The normalized spacial score (nSPS) is 14.4. The summed E-state index contributed by atoms with van der Waals surface area (Å²) in [5, 5.41) is 11.4. The Balaban J connectivity index is 1.68. The van der Waals surface area contributed by atoms with Gasteiger partial charge in [0.2, 0.25) is 0 Å². The van der Waals surface area contributed by atoms with Gasteiger partial charge in [0.15, 0.2) is 5.82 Å². The lowest BCUT2D eigenvalue weighted by Gasteiger charge is -2.36. The first-order valence-electron chi connectivity index (χ1n) is 7.80. The van der Waals surface area contributed by atoms with Crippen LogP contribution >= 0.6 is 23.2 Å². The molecule has 0 unspecified atom stereocenters. The molecule has 6 nitrogen and oxygen atoms in total. The number of hydrogen-bond acceptors (Lipinski definition) is 4. The Morgan fingerprint density at radius 1 is 1.04 bits per heavy atom. The number of amides is 1. The van der Waals surface area contributed by atoms with Crippen molar-refractivity contribution in [1.82, 2.24) is 4.90 Å². The molecule has 0 atom stereocenters. The average Bonchev–Trinajstić information content (AvgIpc) is 2.63. The summed E-state index contributed by atoms with van der Waals surface area (Å²) in [7, 11) is 0. The lowest BCUT2D eigenvalue weighted by atomic mass is 10.1. The minimum Gasteiger partial charge on any atom is -0.366 e. The molecule has 0 aliphatic carbocycles. The van der Waals surface area contributed by atoms with Gasteiger partial charge in [-0.1, -0.05) is 23.2 Å². The van der Waals surface area contributed by atoms with Crippen LogP contribution in [0.2, 0.25) is 10.0 Å². The molecule has 2 aromatic carbocycles. The van der Waals surface area contributed by atoms with Crippen molar-refractivity contribution >= 4 is 40.5 Å². The van der Waals surface area contributed by atoms with Crippen molar-refractivity contribution in [2.75, 3.05) is 31.1 Å². The van der Waals surface area contributed by atoms with E-state index in [1.54, 1.807) is 21.9 Å². The number of carbonyl (C=O) groups is 1. The zero-order valence-electron chi connectivity index (χ0n) is 13.5. The predicted octanol–water partition coefficient (Wildman–Crippen LogP) is 4.00. The fourth-order valence-corrected chi connectivity index (χ4v) is 3.13. The Kier molecular flexibility index (Phi) is 5.29. The zero-order valence-corrected chi connectivity index (χ0v) is 15.0. The van der Waals surface area contributed by atoms with Crippen LogP contribution in [0.4, 0.5) is 15.8 Å². The smallest absolute Gasteiger partial charge is 0.272 e. The number of nitro groups is 1. The van der Waals surface area contributed by atoms with E-state index >= 15 is 0 Å². The molecule has 1 aliphatic rings. The van der Waals surface area contributed by atoms with Gasteiger partial charge in [0.1, 0.15) is 0 Å². The number of hydrogen-bond donors (Lipinski definition) is 0. The number of non-ortho nitro benzene ring substituents is 1. The van der Waals surface area contributed by atoms with Crippen molar-refractivity contribution in [1.29, 1.82) is 0 Å². The van der Waals surface area contributed by atoms with Crippen LogP contribution in [0.1, 0.15) is 10.4 Å². The Labute approximate surface area is 158 Å². The van der Waals surface area contributed by atoms with Crippen LogP contribution < -0.4 is 4.90 Å². The quantitative estimate of drug-likeness (QED) is 0.579. The van der Waals surface area contributed by atoms with Crippen molar-refractivity contribution < 1.29 is 14.1 Å². The Morgan fingerprint density at radius 3 is 2.31 bits per heavy atom. The molecule has 0 radical (unpaired) electrons. The van der Waals surface area contributed by atoms with Gasteiger partial charge in [-0.15, -0.1) is 0 Å². The molecule has 0 spiro atoms. The fraction of sp³-hybridized carbons (Fsp3) is 0.235. The molecule has 1 amide bonds. The first-order valence-corrected chi connectivity index (χ1v) is 8.55. The maximum Gasteiger partial charge on any atom is 0.272 e. The number of carbonyl (C=O) groups excluding carboxylic acids is 1. The van der Waals surface area contributed by atoms with Crippen LogP contribution in [-0.4, -0.2) is 41.9 Å². The number of benzene rings is 2. The van der Waals surface area contributed by atoms with Crippen molar-refractivity contribution in [2.24, 2.45) is 0 Å². The number of piperazine rings is 1. The summed E-state index contributed by atoms with van der Waals surface area (Å²) in [6.07, 6.45) is 0. The van der Waals surface area contributed by atoms with E-state index in [2.05, 4.69) is 0 Å². The van der Waals surface area contributed by atoms with Gasteiger partial charge in [0.25, 0.3) is 11.6 Å². The van der Waals surface area contributed by atoms with Crippen LogP contribution in [0.5, 0.6) is 0 Å². The molecule has 136 valence electrons. The Morgan fingerprint density at radius 2 is 1.73 bits per heavy atom. The second kappa shape index (κ2) is 7.47. The number of anilines is 1. The number of nitrogens with zero attached hydrogens (tertiary/aromatic N) is 3. The first-order chi connectivity index (χ1) is 12.4. The second-order valence-electron chi connectivity index (χ2n) is 5.80. The highest BCUT2D eigenvalue weighted by molar-refractivity contribution is 6.42. The van der Waals surface area contributed by atoms with E-state index in [0.717, 1.165) is 6.07 Å². The van der Waals surface area contributed by atoms with Gasteiger partial charge in [0.05, 0.1) is 26.7 Å². The number of rotatable bonds is 3. The van der Waals surface area contributed by atoms with Gasteiger partial charge >= 0.3 is 0 Å². The zero-order chi connectivity index (χ0) is 18.8. The summed E-state index contributed by atoms with van der Waals surface area (Å²) in [5.74, 6) is -0.823. The van der Waals surface area contributed by atoms with Crippen molar-refractivity contribution in [3.05, 3.63) is 67.9 Å². The van der Waals surface area contributed by atoms with Crippen LogP contribution in [0.3, 0.4) is 0 Å². The third kappa shape index (κ3) is 3.73. The summed E-state index contributed by atoms with van der Waals surface area (Å²) < 4.78 is 14.1. The molecule has 0 bridgehead atoms. The number of halogens is 3. The van der Waals surface area contributed by atoms with Gasteiger partial charge < -0.3 is 9.80 Å². The van der Waals surface area contributed by atoms with E-state index < -0.39 is 10.7 Å². The maximum atomic E-state index is 14.1. The minimum atomic E-state index is -0.650. The summed E-state index contributed by atoms with van der Waals surface area (Å²) >= 11 is 11.8. The third-order valence-electron chi connectivity index (χ3n) is 4.22. The summed E-state index contributed by atoms with van der Waals surface area (Å²) in [6.45, 7) is 1.63. The fourth-order valence-electron chi connectivity index (χ4n) is 2.83. The van der Waals surface area contributed by atoms with E-state index in [0.29, 0.717) is 41.8 Å². The third-order valence-corrected chi connectivity index (χ3v) is 4.96. The molecular weight excluding hydrogens is 384 g/mol. The highest BCUT2D eigenvalue weighted by Crippen LogP contribution is 2.26. The summed E-state index contributed by atoms with van der Waals surface area (Å²) in [6, 6.07) is 8.27. The average molecular weight is 398 g/mol. The van der Waals surface area contributed by atoms with Gasteiger partial charge in [-0.05, 0) is 24.3 Å². The van der Waals surface area contributed by atoms with Gasteiger partial charge in [0, 0.05) is 37.8 Å². The molecule has 0 N–H and O–H groups in total.